The molecule has 75 heavy (non-hydrogen) atoms. The summed E-state index contributed by atoms with van der Waals surface area (Å²) in [5, 5.41) is 0. The average molecular weight is 961 g/mol. The minimum absolute atomic E-state index is 0.194. The van der Waals surface area contributed by atoms with Gasteiger partial charge in [-0.25, -0.2) is 0 Å². The van der Waals surface area contributed by atoms with Gasteiger partial charge >= 0.3 is 0 Å². The Kier molecular flexibility index (Phi) is 13.2. The predicted octanol–water partition coefficient (Wildman–Crippen LogP) is 20.4. The maximum Gasteiger partial charge on any atom is 0.0468 e. The standard InChI is InChI=1S/C73H56N2/c1-53-19-7-2-16-28-62-39-48-67(74(63-40-31-58(32-41-63)54-20-8-3-9-21-54)64-42-33-59(34-43-64)55-22-10-4-11-23-55)51-72(62)73-52-68(49-50-71(73)70-30-18-17-29-69(53)70)75(65-44-35-60(36-45-65)56-24-12-5-13-25-56)66-46-37-61(38-47-66)57-26-14-6-15-27-57/h2-27,29-53H,28H2,1H3/b16-2-,19-7-. The summed E-state index contributed by atoms with van der Waals surface area (Å²) in [7, 11) is 0. The number of benzene rings is 11. The van der Waals surface area contributed by atoms with Crippen LogP contribution in [0.25, 0.3) is 66.8 Å². The van der Waals surface area contributed by atoms with Crippen molar-refractivity contribution in [2.24, 2.45) is 0 Å². The Hall–Kier alpha value is -9.50. The highest BCUT2D eigenvalue weighted by Gasteiger charge is 2.23. The summed E-state index contributed by atoms with van der Waals surface area (Å²) < 4.78 is 0. The summed E-state index contributed by atoms with van der Waals surface area (Å²) in [6, 6.07) is 102. The molecule has 0 aromatic heterocycles. The first-order valence-corrected chi connectivity index (χ1v) is 26.0. The summed E-state index contributed by atoms with van der Waals surface area (Å²) in [4.78, 5) is 4.82. The lowest BCUT2D eigenvalue weighted by atomic mass is 9.85. The van der Waals surface area contributed by atoms with Crippen molar-refractivity contribution in [3.63, 3.8) is 0 Å². The largest absolute Gasteiger partial charge is 0.310 e. The molecule has 1 unspecified atom stereocenters. The van der Waals surface area contributed by atoms with E-state index >= 15 is 0 Å². The molecule has 2 heteroatoms. The lowest BCUT2D eigenvalue weighted by Crippen LogP contribution is -2.11. The van der Waals surface area contributed by atoms with E-state index in [2.05, 4.69) is 320 Å². The van der Waals surface area contributed by atoms with Crippen molar-refractivity contribution < 1.29 is 0 Å². The van der Waals surface area contributed by atoms with Gasteiger partial charge in [-0.3, -0.25) is 0 Å². The third-order valence-corrected chi connectivity index (χ3v) is 14.6. The Balaban J connectivity index is 1.06. The fraction of sp³-hybridized carbons (Fsp3) is 0.0411. The summed E-state index contributed by atoms with van der Waals surface area (Å²) in [5.74, 6) is 0.194. The number of hydrogen-bond donors (Lipinski definition) is 0. The number of allylic oxidation sites excluding steroid dienone is 4. The highest BCUT2D eigenvalue weighted by Crippen LogP contribution is 2.46. The fourth-order valence-electron chi connectivity index (χ4n) is 10.6. The molecule has 0 radical (unpaired) electrons. The Bertz CT molecular complexity index is 3580. The molecule has 1 aliphatic rings. The van der Waals surface area contributed by atoms with Gasteiger partial charge in [0.2, 0.25) is 0 Å². The van der Waals surface area contributed by atoms with E-state index in [1.807, 2.05) is 0 Å². The molecule has 1 atom stereocenters. The Morgan fingerprint density at radius 3 is 1.05 bits per heavy atom. The zero-order chi connectivity index (χ0) is 50.3. The molecule has 1 aliphatic carbocycles. The first-order chi connectivity index (χ1) is 37.1. The van der Waals surface area contributed by atoms with Crippen molar-refractivity contribution in [1.29, 1.82) is 0 Å². The van der Waals surface area contributed by atoms with Gasteiger partial charge < -0.3 is 9.80 Å². The fourth-order valence-corrected chi connectivity index (χ4v) is 10.6. The van der Waals surface area contributed by atoms with Gasteiger partial charge in [0.05, 0.1) is 0 Å². The molecular weight excluding hydrogens is 905 g/mol. The van der Waals surface area contributed by atoms with Crippen LogP contribution in [-0.2, 0) is 6.42 Å². The molecule has 0 saturated heterocycles. The van der Waals surface area contributed by atoms with Crippen LogP contribution in [0.2, 0.25) is 0 Å². The van der Waals surface area contributed by atoms with E-state index in [9.17, 15) is 0 Å². The van der Waals surface area contributed by atoms with Crippen LogP contribution in [0.15, 0.2) is 303 Å². The molecule has 358 valence electrons. The maximum atomic E-state index is 2.44. The van der Waals surface area contributed by atoms with Crippen molar-refractivity contribution in [2.75, 3.05) is 9.80 Å². The number of fused-ring (bicyclic) bond motifs is 5. The highest BCUT2D eigenvalue weighted by atomic mass is 15.1. The van der Waals surface area contributed by atoms with E-state index in [1.165, 1.54) is 77.9 Å². The van der Waals surface area contributed by atoms with Crippen molar-refractivity contribution in [1.82, 2.24) is 0 Å². The number of nitrogens with zero attached hydrogens (tertiary/aromatic N) is 2. The molecule has 0 spiro atoms. The van der Waals surface area contributed by atoms with E-state index < -0.39 is 0 Å². The molecular formula is C73H56N2. The van der Waals surface area contributed by atoms with Crippen LogP contribution in [-0.4, -0.2) is 0 Å². The van der Waals surface area contributed by atoms with Gasteiger partial charge in [0.15, 0.2) is 0 Å². The predicted molar refractivity (Wildman–Crippen MR) is 319 cm³/mol. The Morgan fingerprint density at radius 2 is 0.627 bits per heavy atom. The summed E-state index contributed by atoms with van der Waals surface area (Å²) in [6.07, 6.45) is 9.81. The van der Waals surface area contributed by atoms with Gasteiger partial charge in [0, 0.05) is 34.1 Å². The first kappa shape index (κ1) is 46.6. The second kappa shape index (κ2) is 21.3. The van der Waals surface area contributed by atoms with Crippen LogP contribution in [0.4, 0.5) is 34.1 Å². The van der Waals surface area contributed by atoms with Crippen molar-refractivity contribution >= 4 is 34.1 Å². The highest BCUT2D eigenvalue weighted by molar-refractivity contribution is 5.93. The maximum absolute atomic E-state index is 2.44. The van der Waals surface area contributed by atoms with Crippen LogP contribution in [0.5, 0.6) is 0 Å². The normalized spacial score (nSPS) is 13.7. The smallest absolute Gasteiger partial charge is 0.0468 e. The lowest BCUT2D eigenvalue weighted by molar-refractivity contribution is 0.970. The lowest BCUT2D eigenvalue weighted by Gasteiger charge is -2.29. The molecule has 0 heterocycles. The van der Waals surface area contributed by atoms with Gasteiger partial charge in [0.25, 0.3) is 0 Å². The van der Waals surface area contributed by atoms with Crippen LogP contribution in [0.1, 0.15) is 24.0 Å². The van der Waals surface area contributed by atoms with E-state index in [0.29, 0.717) is 0 Å². The minimum atomic E-state index is 0.194. The average Bonchev–Trinajstić information content (AvgIpc) is 3.49. The molecule has 0 amide bonds. The van der Waals surface area contributed by atoms with Crippen molar-refractivity contribution in [3.05, 3.63) is 314 Å². The number of anilines is 6. The summed E-state index contributed by atoms with van der Waals surface area (Å²) in [6.45, 7) is 2.30. The molecule has 0 fully saturated rings. The van der Waals surface area contributed by atoms with Crippen molar-refractivity contribution in [2.45, 2.75) is 19.3 Å². The van der Waals surface area contributed by atoms with Crippen LogP contribution >= 0.6 is 0 Å². The Morgan fingerprint density at radius 1 is 0.280 bits per heavy atom. The topological polar surface area (TPSA) is 6.48 Å². The van der Waals surface area contributed by atoms with Gasteiger partial charge in [-0.05, 0) is 163 Å². The number of hydrogen-bond acceptors (Lipinski definition) is 2. The van der Waals surface area contributed by atoms with Crippen LogP contribution in [0.3, 0.4) is 0 Å². The first-order valence-electron chi connectivity index (χ1n) is 26.0. The van der Waals surface area contributed by atoms with Gasteiger partial charge in [0.1, 0.15) is 0 Å². The molecule has 11 aromatic carbocycles. The quantitative estimate of drug-likeness (QED) is 0.135. The van der Waals surface area contributed by atoms with Gasteiger partial charge in [-0.1, -0.05) is 237 Å². The number of rotatable bonds is 10. The SMILES string of the molecule is CC1/C=C\C=C/Cc2ccc(N(c3ccc(-c4ccccc4)cc3)c3ccc(-c4ccccc4)cc3)cc2-c2cc(N(c3ccc(-c4ccccc4)cc3)c3ccc(-c4ccccc4)cc3)ccc2-c2ccccc21. The minimum Gasteiger partial charge on any atom is -0.310 e. The van der Waals surface area contributed by atoms with E-state index in [-0.39, 0.29) is 5.92 Å². The second-order valence-corrected chi connectivity index (χ2v) is 19.3. The molecule has 11 aromatic rings. The molecule has 12 rings (SSSR count). The third kappa shape index (κ3) is 9.90. The van der Waals surface area contributed by atoms with Crippen LogP contribution in [0, 0.1) is 0 Å². The van der Waals surface area contributed by atoms with Gasteiger partial charge in [-0.15, -0.1) is 0 Å². The zero-order valence-electron chi connectivity index (χ0n) is 42.0. The van der Waals surface area contributed by atoms with E-state index in [0.717, 1.165) is 40.5 Å². The molecule has 0 N–H and O–H groups in total. The second-order valence-electron chi connectivity index (χ2n) is 19.3. The van der Waals surface area contributed by atoms with E-state index in [1.54, 1.807) is 0 Å². The van der Waals surface area contributed by atoms with Crippen LogP contribution < -0.4 is 9.80 Å². The van der Waals surface area contributed by atoms with Gasteiger partial charge in [-0.2, -0.15) is 0 Å². The zero-order valence-corrected chi connectivity index (χ0v) is 42.0. The van der Waals surface area contributed by atoms with Crippen molar-refractivity contribution in [3.8, 4) is 66.8 Å². The molecule has 0 bridgehead atoms. The Labute approximate surface area is 442 Å². The summed E-state index contributed by atoms with van der Waals surface area (Å²) >= 11 is 0. The molecule has 0 aliphatic heterocycles. The molecule has 0 saturated carbocycles. The monoisotopic (exact) mass is 960 g/mol. The molecule has 2 nitrogen and oxygen atoms in total. The third-order valence-electron chi connectivity index (χ3n) is 14.6. The summed E-state index contributed by atoms with van der Waals surface area (Å²) in [5.41, 5.74) is 23.3. The van der Waals surface area contributed by atoms with E-state index in [4.69, 9.17) is 0 Å².